The highest BCUT2D eigenvalue weighted by Gasteiger charge is 2.28. The molecule has 4 rings (SSSR count). The Morgan fingerprint density at radius 1 is 1.29 bits per heavy atom. The molecule has 7 nitrogen and oxygen atoms in total. The van der Waals surface area contributed by atoms with Crippen LogP contribution in [-0.4, -0.2) is 60.3 Å². The average molecular weight is 482 g/mol. The van der Waals surface area contributed by atoms with Gasteiger partial charge in [0.05, 0.1) is 11.1 Å². The van der Waals surface area contributed by atoms with Gasteiger partial charge in [-0.2, -0.15) is 0 Å². The fraction of sp³-hybridized carbons (Fsp3) is 0.308. The minimum absolute atomic E-state index is 0.000394. The molecular weight excluding hydrogens is 454 g/mol. The number of aromatic hydroxyl groups is 1. The minimum atomic E-state index is -0.498. The predicted octanol–water partition coefficient (Wildman–Crippen LogP) is 3.93. The van der Waals surface area contributed by atoms with Crippen molar-refractivity contribution in [1.29, 1.82) is 0 Å². The van der Waals surface area contributed by atoms with E-state index in [0.29, 0.717) is 33.0 Å². The fourth-order valence-corrected chi connectivity index (χ4v) is 4.30. The molecule has 1 amide bonds. The predicted molar refractivity (Wildman–Crippen MR) is 132 cm³/mol. The van der Waals surface area contributed by atoms with Crippen molar-refractivity contribution >= 4 is 28.4 Å². The summed E-state index contributed by atoms with van der Waals surface area (Å²) in [4.78, 5) is 19.1. The summed E-state index contributed by atoms with van der Waals surface area (Å²) in [5.41, 5.74) is 1.00. The number of pyridine rings is 1. The summed E-state index contributed by atoms with van der Waals surface area (Å²) in [6, 6.07) is 14.0. The van der Waals surface area contributed by atoms with Gasteiger partial charge in [-0.05, 0) is 50.5 Å². The molecule has 0 aliphatic carbocycles. The van der Waals surface area contributed by atoms with Gasteiger partial charge in [0, 0.05) is 36.5 Å². The van der Waals surface area contributed by atoms with E-state index >= 15 is 0 Å². The summed E-state index contributed by atoms with van der Waals surface area (Å²) < 4.78 is 11.8. The molecule has 178 valence electrons. The number of carbonyl (C=O) groups is 1. The van der Waals surface area contributed by atoms with Crippen LogP contribution in [0.15, 0.2) is 66.6 Å². The van der Waals surface area contributed by atoms with E-state index < -0.39 is 6.04 Å². The molecule has 2 N–H and O–H groups in total. The second kappa shape index (κ2) is 10.8. The topological polar surface area (TPSA) is 83.9 Å². The Kier molecular flexibility index (Phi) is 7.55. The van der Waals surface area contributed by atoms with Crippen LogP contribution in [0.1, 0.15) is 12.0 Å². The van der Waals surface area contributed by atoms with Gasteiger partial charge < -0.3 is 24.8 Å². The van der Waals surface area contributed by atoms with Crippen LogP contribution in [0.2, 0.25) is 5.02 Å². The molecule has 0 bridgehead atoms. The molecule has 0 saturated heterocycles. The van der Waals surface area contributed by atoms with E-state index in [2.05, 4.69) is 15.2 Å². The first-order chi connectivity index (χ1) is 16.4. The van der Waals surface area contributed by atoms with E-state index in [-0.39, 0.29) is 30.8 Å². The first kappa shape index (κ1) is 23.9. The van der Waals surface area contributed by atoms with Crippen molar-refractivity contribution in [2.75, 3.05) is 27.2 Å². The van der Waals surface area contributed by atoms with Crippen LogP contribution >= 0.6 is 11.6 Å². The van der Waals surface area contributed by atoms with Gasteiger partial charge in [0.15, 0.2) is 6.61 Å². The number of likely N-dealkylation sites (N-methyl/N-ethyl adjacent to an activating group) is 1. The summed E-state index contributed by atoms with van der Waals surface area (Å²) in [6.07, 6.45) is 4.63. The number of nitrogens with one attached hydrogen (secondary N) is 1. The van der Waals surface area contributed by atoms with E-state index in [1.54, 1.807) is 30.5 Å². The van der Waals surface area contributed by atoms with Crippen molar-refractivity contribution in [3.63, 3.8) is 0 Å². The molecule has 1 aliphatic heterocycles. The lowest BCUT2D eigenvalue weighted by Crippen LogP contribution is -2.41. The van der Waals surface area contributed by atoms with Gasteiger partial charge in [-0.1, -0.05) is 29.8 Å². The number of carbonyl (C=O) groups excluding carboxylic acids is 1. The number of aromatic nitrogens is 1. The average Bonchev–Trinajstić information content (AvgIpc) is 3.29. The zero-order valence-electron chi connectivity index (χ0n) is 19.2. The van der Waals surface area contributed by atoms with Crippen LogP contribution in [-0.2, 0) is 16.0 Å². The Hall–Kier alpha value is -3.29. The number of ether oxygens (including phenoxy) is 2. The van der Waals surface area contributed by atoms with E-state index in [4.69, 9.17) is 21.1 Å². The SMILES string of the molecule is CN(C)CC1CC=C(C(Cc2cc(Cl)c3cccnc3c2O)NC(=O)COc2ccccc2)O1. The smallest absolute Gasteiger partial charge is 0.258 e. The Morgan fingerprint density at radius 3 is 2.85 bits per heavy atom. The first-order valence-corrected chi connectivity index (χ1v) is 11.5. The van der Waals surface area contributed by atoms with Crippen molar-refractivity contribution in [3.05, 3.63) is 77.1 Å². The van der Waals surface area contributed by atoms with E-state index in [0.717, 1.165) is 13.0 Å². The first-order valence-electron chi connectivity index (χ1n) is 11.1. The maximum atomic E-state index is 12.8. The minimum Gasteiger partial charge on any atom is -0.505 e. The van der Waals surface area contributed by atoms with Gasteiger partial charge in [0.1, 0.15) is 28.9 Å². The molecule has 2 atom stereocenters. The highest BCUT2D eigenvalue weighted by Crippen LogP contribution is 2.34. The summed E-state index contributed by atoms with van der Waals surface area (Å²) in [5, 5.41) is 15.1. The van der Waals surface area contributed by atoms with Crippen molar-refractivity contribution in [3.8, 4) is 11.5 Å². The van der Waals surface area contributed by atoms with Crippen LogP contribution in [0.3, 0.4) is 0 Å². The Balaban J connectivity index is 1.54. The molecule has 0 spiro atoms. The van der Waals surface area contributed by atoms with Crippen LogP contribution in [0.5, 0.6) is 11.5 Å². The maximum Gasteiger partial charge on any atom is 0.258 e. The van der Waals surface area contributed by atoms with Crippen LogP contribution < -0.4 is 10.1 Å². The molecular formula is C26H28ClN3O4. The second-order valence-corrected chi connectivity index (χ2v) is 8.94. The van der Waals surface area contributed by atoms with Gasteiger partial charge in [0.25, 0.3) is 5.91 Å². The van der Waals surface area contributed by atoms with Gasteiger partial charge in [0.2, 0.25) is 0 Å². The highest BCUT2D eigenvalue weighted by molar-refractivity contribution is 6.35. The lowest BCUT2D eigenvalue weighted by atomic mass is 10.0. The number of fused-ring (bicyclic) bond motifs is 1. The second-order valence-electron chi connectivity index (χ2n) is 8.54. The standard InChI is InChI=1S/C26H28ClN3O4/c1-30(2)15-19-10-11-23(34-19)22(29-24(31)16-33-18-7-4-3-5-8-18)14-17-13-21(27)20-9-6-12-28-25(20)26(17)32/h3-9,11-13,19,22,32H,10,14-16H2,1-2H3,(H,29,31). The molecule has 3 aromatic rings. The molecule has 2 heterocycles. The zero-order valence-corrected chi connectivity index (χ0v) is 20.0. The summed E-state index contributed by atoms with van der Waals surface area (Å²) in [7, 11) is 3.98. The third-order valence-electron chi connectivity index (χ3n) is 5.56. The fourth-order valence-electron chi connectivity index (χ4n) is 4.02. The van der Waals surface area contributed by atoms with Crippen molar-refractivity contribution < 1.29 is 19.4 Å². The number of benzene rings is 2. The highest BCUT2D eigenvalue weighted by atomic mass is 35.5. The van der Waals surface area contributed by atoms with Gasteiger partial charge in [-0.25, -0.2) is 0 Å². The molecule has 34 heavy (non-hydrogen) atoms. The Bertz CT molecular complexity index is 1180. The number of rotatable bonds is 9. The van der Waals surface area contributed by atoms with E-state index in [1.807, 2.05) is 44.4 Å². The van der Waals surface area contributed by atoms with Crippen LogP contribution in [0, 0.1) is 0 Å². The van der Waals surface area contributed by atoms with Crippen LogP contribution in [0.4, 0.5) is 0 Å². The van der Waals surface area contributed by atoms with Crippen molar-refractivity contribution in [1.82, 2.24) is 15.2 Å². The number of phenolic OH excluding ortho intramolecular Hbond substituents is 1. The Labute approximate surface area is 204 Å². The molecule has 0 saturated carbocycles. The van der Waals surface area contributed by atoms with Gasteiger partial charge in [-0.15, -0.1) is 0 Å². The monoisotopic (exact) mass is 481 g/mol. The third-order valence-corrected chi connectivity index (χ3v) is 5.88. The number of nitrogens with zero attached hydrogens (tertiary/aromatic N) is 2. The molecule has 2 aromatic carbocycles. The quantitative estimate of drug-likeness (QED) is 0.481. The largest absolute Gasteiger partial charge is 0.505 e. The molecule has 0 fully saturated rings. The van der Waals surface area contributed by atoms with Gasteiger partial charge in [-0.3, -0.25) is 9.78 Å². The summed E-state index contributed by atoms with van der Waals surface area (Å²) >= 11 is 6.47. The van der Waals surface area contributed by atoms with E-state index in [1.165, 1.54) is 0 Å². The van der Waals surface area contributed by atoms with Crippen molar-refractivity contribution in [2.45, 2.75) is 25.0 Å². The summed E-state index contributed by atoms with van der Waals surface area (Å²) in [6.45, 7) is 0.621. The molecule has 1 aromatic heterocycles. The molecule has 0 radical (unpaired) electrons. The molecule has 8 heteroatoms. The number of amides is 1. The maximum absolute atomic E-state index is 12.8. The molecule has 2 unspecified atom stereocenters. The van der Waals surface area contributed by atoms with E-state index in [9.17, 15) is 9.90 Å². The Morgan fingerprint density at radius 2 is 2.09 bits per heavy atom. The summed E-state index contributed by atoms with van der Waals surface area (Å²) in [5.74, 6) is 1.03. The third kappa shape index (κ3) is 5.79. The van der Waals surface area contributed by atoms with Gasteiger partial charge >= 0.3 is 0 Å². The van der Waals surface area contributed by atoms with Crippen molar-refractivity contribution in [2.24, 2.45) is 0 Å². The lowest BCUT2D eigenvalue weighted by molar-refractivity contribution is -0.123. The molecule has 1 aliphatic rings. The number of phenols is 1. The van der Waals surface area contributed by atoms with Crippen LogP contribution in [0.25, 0.3) is 10.9 Å². The zero-order chi connectivity index (χ0) is 24.1. The number of hydrogen-bond acceptors (Lipinski definition) is 6. The lowest BCUT2D eigenvalue weighted by Gasteiger charge is -2.24. The number of hydrogen-bond donors (Lipinski definition) is 2. The number of halogens is 1. The normalized spacial score (nSPS) is 16.2. The number of para-hydroxylation sites is 1.